The number of amides is 3. The average Bonchev–Trinajstić information content (AvgIpc) is 3.21. The van der Waals surface area contributed by atoms with Crippen LogP contribution in [0.3, 0.4) is 0 Å². The van der Waals surface area contributed by atoms with Gasteiger partial charge in [-0.25, -0.2) is 4.79 Å². The van der Waals surface area contributed by atoms with Crippen LogP contribution in [0.4, 0.5) is 16.2 Å². The Kier molecular flexibility index (Phi) is 6.65. The molecule has 6 heteroatoms. The predicted octanol–water partition coefficient (Wildman–Crippen LogP) is 4.70. The standard InChI is InChI=1S/C24H32N4O2/c1-17(18-10-6-5-7-11-18)25-22(29)20-16-19(26-23(30)27-24(2,3)4)12-13-21(20)28-14-8-9-15-28/h5-7,10-13,16-17H,8-9,14-15H2,1-4H3,(H,25,29)(H2,26,27,30). The molecule has 1 aliphatic heterocycles. The molecule has 1 fully saturated rings. The summed E-state index contributed by atoms with van der Waals surface area (Å²) < 4.78 is 0. The monoisotopic (exact) mass is 408 g/mol. The number of nitrogens with one attached hydrogen (secondary N) is 3. The minimum Gasteiger partial charge on any atom is -0.371 e. The molecular formula is C24H32N4O2. The van der Waals surface area contributed by atoms with Crippen LogP contribution >= 0.6 is 0 Å². The molecule has 1 atom stereocenters. The van der Waals surface area contributed by atoms with Gasteiger partial charge in [0.1, 0.15) is 0 Å². The van der Waals surface area contributed by atoms with E-state index in [1.807, 2.05) is 70.2 Å². The summed E-state index contributed by atoms with van der Waals surface area (Å²) in [5, 5.41) is 8.83. The fraction of sp³-hybridized carbons (Fsp3) is 0.417. The molecule has 3 amide bonds. The van der Waals surface area contributed by atoms with Crippen molar-refractivity contribution in [3.05, 3.63) is 59.7 Å². The zero-order chi connectivity index (χ0) is 21.7. The second-order valence-electron chi connectivity index (χ2n) is 8.86. The van der Waals surface area contributed by atoms with Gasteiger partial charge in [-0.15, -0.1) is 0 Å². The molecule has 0 aromatic heterocycles. The second-order valence-corrected chi connectivity index (χ2v) is 8.86. The molecule has 1 saturated heterocycles. The van der Waals surface area contributed by atoms with Crippen molar-refractivity contribution >= 4 is 23.3 Å². The molecule has 160 valence electrons. The van der Waals surface area contributed by atoms with E-state index in [1.54, 1.807) is 6.07 Å². The van der Waals surface area contributed by atoms with Crippen LogP contribution in [-0.2, 0) is 0 Å². The van der Waals surface area contributed by atoms with Crippen LogP contribution in [0.5, 0.6) is 0 Å². The Bertz CT molecular complexity index is 884. The molecule has 1 aliphatic rings. The number of rotatable bonds is 5. The first-order chi connectivity index (χ1) is 14.2. The maximum absolute atomic E-state index is 13.2. The largest absolute Gasteiger partial charge is 0.371 e. The van der Waals surface area contributed by atoms with E-state index in [9.17, 15) is 9.59 Å². The first kappa shape index (κ1) is 21.7. The zero-order valence-electron chi connectivity index (χ0n) is 18.3. The first-order valence-corrected chi connectivity index (χ1v) is 10.6. The average molecular weight is 409 g/mol. The number of hydrogen-bond donors (Lipinski definition) is 3. The highest BCUT2D eigenvalue weighted by molar-refractivity contribution is 6.02. The molecule has 2 aromatic carbocycles. The van der Waals surface area contributed by atoms with Crippen LogP contribution in [0, 0.1) is 0 Å². The molecule has 0 radical (unpaired) electrons. The van der Waals surface area contributed by atoms with Gasteiger partial charge in [0.15, 0.2) is 0 Å². The smallest absolute Gasteiger partial charge is 0.319 e. The van der Waals surface area contributed by atoms with Gasteiger partial charge >= 0.3 is 6.03 Å². The van der Waals surface area contributed by atoms with Crippen LogP contribution in [0.25, 0.3) is 0 Å². The van der Waals surface area contributed by atoms with Crippen LogP contribution in [0.2, 0.25) is 0 Å². The summed E-state index contributed by atoms with van der Waals surface area (Å²) >= 11 is 0. The van der Waals surface area contributed by atoms with Crippen LogP contribution in [0.15, 0.2) is 48.5 Å². The summed E-state index contributed by atoms with van der Waals surface area (Å²) in [6.07, 6.45) is 2.24. The predicted molar refractivity (Wildman–Crippen MR) is 122 cm³/mol. The van der Waals surface area contributed by atoms with Crippen molar-refractivity contribution in [2.75, 3.05) is 23.3 Å². The lowest BCUT2D eigenvalue weighted by Gasteiger charge is -2.24. The number of hydrogen-bond acceptors (Lipinski definition) is 3. The van der Waals surface area contributed by atoms with E-state index in [4.69, 9.17) is 0 Å². The lowest BCUT2D eigenvalue weighted by Crippen LogP contribution is -2.43. The highest BCUT2D eigenvalue weighted by atomic mass is 16.2. The van der Waals surface area contributed by atoms with Gasteiger partial charge in [-0.05, 0) is 64.3 Å². The number of carbonyl (C=O) groups excluding carboxylic acids is 2. The Morgan fingerprint density at radius 1 is 1.00 bits per heavy atom. The molecule has 0 bridgehead atoms. The van der Waals surface area contributed by atoms with E-state index in [0.29, 0.717) is 11.3 Å². The van der Waals surface area contributed by atoms with E-state index in [-0.39, 0.29) is 23.5 Å². The molecular weight excluding hydrogens is 376 g/mol. The van der Waals surface area contributed by atoms with Crippen molar-refractivity contribution in [2.45, 2.75) is 52.1 Å². The molecule has 0 saturated carbocycles. The van der Waals surface area contributed by atoms with Crippen molar-refractivity contribution in [3.8, 4) is 0 Å². The molecule has 30 heavy (non-hydrogen) atoms. The number of anilines is 2. The SMILES string of the molecule is CC(NC(=O)c1cc(NC(=O)NC(C)(C)C)ccc1N1CCCC1)c1ccccc1. The summed E-state index contributed by atoms with van der Waals surface area (Å²) in [4.78, 5) is 27.7. The van der Waals surface area contributed by atoms with Gasteiger partial charge in [0.25, 0.3) is 5.91 Å². The maximum atomic E-state index is 13.2. The summed E-state index contributed by atoms with van der Waals surface area (Å²) in [5.41, 5.74) is 2.79. The Hall–Kier alpha value is -3.02. The highest BCUT2D eigenvalue weighted by Gasteiger charge is 2.22. The molecule has 3 N–H and O–H groups in total. The van der Waals surface area contributed by atoms with Gasteiger partial charge in [-0.3, -0.25) is 4.79 Å². The Labute approximate surface area is 179 Å². The summed E-state index contributed by atoms with van der Waals surface area (Å²) in [6, 6.07) is 15.0. The van der Waals surface area contributed by atoms with E-state index >= 15 is 0 Å². The molecule has 1 heterocycles. The third kappa shape index (κ3) is 5.75. The van der Waals surface area contributed by atoms with Gasteiger partial charge in [0.2, 0.25) is 0 Å². The molecule has 6 nitrogen and oxygen atoms in total. The van der Waals surface area contributed by atoms with Crippen molar-refractivity contribution in [1.82, 2.24) is 10.6 Å². The fourth-order valence-electron chi connectivity index (χ4n) is 3.63. The quantitative estimate of drug-likeness (QED) is 0.671. The van der Waals surface area contributed by atoms with Crippen molar-refractivity contribution < 1.29 is 9.59 Å². The Morgan fingerprint density at radius 2 is 1.67 bits per heavy atom. The second kappa shape index (κ2) is 9.20. The van der Waals surface area contributed by atoms with Gasteiger partial charge in [0.05, 0.1) is 11.6 Å². The number of nitrogens with zero attached hydrogens (tertiary/aromatic N) is 1. The van der Waals surface area contributed by atoms with Crippen molar-refractivity contribution in [3.63, 3.8) is 0 Å². The van der Waals surface area contributed by atoms with Gasteiger partial charge in [-0.1, -0.05) is 30.3 Å². The third-order valence-electron chi connectivity index (χ3n) is 5.08. The highest BCUT2D eigenvalue weighted by Crippen LogP contribution is 2.28. The van der Waals surface area contributed by atoms with Gasteiger partial charge in [-0.2, -0.15) is 0 Å². The molecule has 1 unspecified atom stereocenters. The van der Waals surface area contributed by atoms with E-state index in [0.717, 1.165) is 37.2 Å². The number of benzene rings is 2. The minimum absolute atomic E-state index is 0.120. The van der Waals surface area contributed by atoms with Crippen LogP contribution in [0.1, 0.15) is 62.5 Å². The van der Waals surface area contributed by atoms with E-state index < -0.39 is 0 Å². The molecule has 0 spiro atoms. The third-order valence-corrected chi connectivity index (χ3v) is 5.08. The topological polar surface area (TPSA) is 73.5 Å². The molecule has 0 aliphatic carbocycles. The van der Waals surface area contributed by atoms with Gasteiger partial charge < -0.3 is 20.9 Å². The Morgan fingerprint density at radius 3 is 2.30 bits per heavy atom. The summed E-state index contributed by atoms with van der Waals surface area (Å²) in [6.45, 7) is 9.62. The van der Waals surface area contributed by atoms with Crippen molar-refractivity contribution in [2.24, 2.45) is 0 Å². The van der Waals surface area contributed by atoms with E-state index in [2.05, 4.69) is 20.9 Å². The van der Waals surface area contributed by atoms with E-state index in [1.165, 1.54) is 0 Å². The number of urea groups is 1. The summed E-state index contributed by atoms with van der Waals surface area (Å²) in [7, 11) is 0. The lowest BCUT2D eigenvalue weighted by molar-refractivity contribution is 0.0940. The number of carbonyl (C=O) groups is 2. The van der Waals surface area contributed by atoms with Crippen molar-refractivity contribution in [1.29, 1.82) is 0 Å². The van der Waals surface area contributed by atoms with Crippen LogP contribution < -0.4 is 20.9 Å². The first-order valence-electron chi connectivity index (χ1n) is 10.6. The Balaban J connectivity index is 1.83. The maximum Gasteiger partial charge on any atom is 0.319 e. The normalized spacial score (nSPS) is 14.9. The van der Waals surface area contributed by atoms with Crippen LogP contribution in [-0.4, -0.2) is 30.6 Å². The van der Waals surface area contributed by atoms with Gasteiger partial charge in [0, 0.05) is 30.0 Å². The molecule has 3 rings (SSSR count). The molecule has 2 aromatic rings. The fourth-order valence-corrected chi connectivity index (χ4v) is 3.63. The minimum atomic E-state index is -0.342. The zero-order valence-corrected chi connectivity index (χ0v) is 18.3. The lowest BCUT2D eigenvalue weighted by atomic mass is 10.1. The summed E-state index contributed by atoms with van der Waals surface area (Å²) in [5.74, 6) is -0.145.